The van der Waals surface area contributed by atoms with Crippen molar-refractivity contribution in [2.24, 2.45) is 0 Å². The van der Waals surface area contributed by atoms with Crippen LogP contribution in [0.4, 0.5) is 0 Å². The zero-order valence-electron chi connectivity index (χ0n) is 10.9. The Labute approximate surface area is 109 Å². The van der Waals surface area contributed by atoms with Gasteiger partial charge in [-0.15, -0.1) is 0 Å². The predicted molar refractivity (Wildman–Crippen MR) is 72.5 cm³/mol. The predicted octanol–water partition coefficient (Wildman–Crippen LogP) is 2.96. The molecule has 1 amide bonds. The van der Waals surface area contributed by atoms with Gasteiger partial charge in [0.05, 0.1) is 0 Å². The van der Waals surface area contributed by atoms with Crippen LogP contribution in [0.3, 0.4) is 0 Å². The molecule has 0 bridgehead atoms. The topological polar surface area (TPSA) is 46.2 Å². The van der Waals surface area contributed by atoms with E-state index in [1.165, 1.54) is 0 Å². The Morgan fingerprint density at radius 3 is 2.44 bits per heavy atom. The molecule has 1 aromatic rings. The number of carbonyl (C=O) groups is 2. The van der Waals surface area contributed by atoms with Gasteiger partial charge in [-0.1, -0.05) is 50.1 Å². The Kier molecular flexibility index (Phi) is 6.77. The first-order chi connectivity index (χ1) is 8.74. The van der Waals surface area contributed by atoms with Crippen molar-refractivity contribution in [3.63, 3.8) is 0 Å². The van der Waals surface area contributed by atoms with Gasteiger partial charge >= 0.3 is 0 Å². The number of ketones is 1. The minimum Gasteiger partial charge on any atom is -0.356 e. The maximum Gasteiger partial charge on any atom is 0.220 e. The molecule has 3 heteroatoms. The number of hydrogen-bond donors (Lipinski definition) is 1. The number of unbranched alkanes of at least 4 members (excludes halogenated alkanes) is 2. The average Bonchev–Trinajstić information content (AvgIpc) is 2.42. The molecule has 0 aromatic heterocycles. The lowest BCUT2D eigenvalue weighted by molar-refractivity contribution is -0.121. The number of benzene rings is 1. The molecule has 0 saturated carbocycles. The normalized spacial score (nSPS) is 10.1. The van der Waals surface area contributed by atoms with Crippen LogP contribution in [0, 0.1) is 0 Å². The summed E-state index contributed by atoms with van der Waals surface area (Å²) in [4.78, 5) is 23.2. The first kappa shape index (κ1) is 14.4. The lowest BCUT2D eigenvalue weighted by Crippen LogP contribution is -2.24. The van der Waals surface area contributed by atoms with E-state index in [1.807, 2.05) is 18.2 Å². The van der Waals surface area contributed by atoms with E-state index in [1.54, 1.807) is 12.1 Å². The molecular formula is C15H21NO2. The van der Waals surface area contributed by atoms with E-state index in [9.17, 15) is 9.59 Å². The monoisotopic (exact) mass is 247 g/mol. The fourth-order valence-corrected chi connectivity index (χ4v) is 1.69. The van der Waals surface area contributed by atoms with Crippen molar-refractivity contribution in [2.75, 3.05) is 6.54 Å². The first-order valence-electron chi connectivity index (χ1n) is 6.59. The van der Waals surface area contributed by atoms with Crippen molar-refractivity contribution in [1.82, 2.24) is 5.32 Å². The van der Waals surface area contributed by atoms with Crippen molar-refractivity contribution in [2.45, 2.75) is 39.0 Å². The highest BCUT2D eigenvalue weighted by Gasteiger charge is 2.08. The second kappa shape index (κ2) is 8.45. The van der Waals surface area contributed by atoms with Gasteiger partial charge in [-0.05, 0) is 6.42 Å². The van der Waals surface area contributed by atoms with Crippen LogP contribution in [0.1, 0.15) is 49.4 Å². The standard InChI is InChI=1S/C15H21NO2/c1-2-3-7-12-16-15(18)11-10-14(17)13-8-5-4-6-9-13/h4-6,8-9H,2-3,7,10-12H2,1H3,(H,16,18). The van der Waals surface area contributed by atoms with Crippen LogP contribution in [0.15, 0.2) is 30.3 Å². The molecule has 0 spiro atoms. The zero-order valence-corrected chi connectivity index (χ0v) is 10.9. The van der Waals surface area contributed by atoms with Gasteiger partial charge in [-0.2, -0.15) is 0 Å². The van der Waals surface area contributed by atoms with Crippen LogP contribution >= 0.6 is 0 Å². The molecule has 0 aliphatic heterocycles. The molecule has 0 aliphatic rings. The Balaban J connectivity index is 2.20. The summed E-state index contributed by atoms with van der Waals surface area (Å²) in [7, 11) is 0. The van der Waals surface area contributed by atoms with Crippen LogP contribution in [0.2, 0.25) is 0 Å². The Morgan fingerprint density at radius 1 is 1.06 bits per heavy atom. The van der Waals surface area contributed by atoms with Gasteiger partial charge in [0.25, 0.3) is 0 Å². The third kappa shape index (κ3) is 5.62. The number of Topliss-reactive ketones (excluding diaryl/α,β-unsaturated/α-hetero) is 1. The fraction of sp³-hybridized carbons (Fsp3) is 0.467. The van der Waals surface area contributed by atoms with Crippen LogP contribution in [-0.4, -0.2) is 18.2 Å². The third-order valence-electron chi connectivity index (χ3n) is 2.78. The van der Waals surface area contributed by atoms with Crippen molar-refractivity contribution in [3.05, 3.63) is 35.9 Å². The van der Waals surface area contributed by atoms with E-state index >= 15 is 0 Å². The Bertz CT molecular complexity index is 373. The summed E-state index contributed by atoms with van der Waals surface area (Å²) in [6.07, 6.45) is 3.84. The van der Waals surface area contributed by atoms with E-state index in [-0.39, 0.29) is 24.5 Å². The fourth-order valence-electron chi connectivity index (χ4n) is 1.69. The maximum absolute atomic E-state index is 11.7. The molecule has 18 heavy (non-hydrogen) atoms. The van der Waals surface area contributed by atoms with Gasteiger partial charge in [0.1, 0.15) is 0 Å². The molecule has 1 N–H and O–H groups in total. The number of amides is 1. The summed E-state index contributed by atoms with van der Waals surface area (Å²) in [5, 5.41) is 2.83. The van der Waals surface area contributed by atoms with Crippen LogP contribution in [0.25, 0.3) is 0 Å². The largest absolute Gasteiger partial charge is 0.356 e. The highest BCUT2D eigenvalue weighted by atomic mass is 16.2. The molecule has 98 valence electrons. The van der Waals surface area contributed by atoms with Gasteiger partial charge < -0.3 is 5.32 Å². The molecule has 1 aromatic carbocycles. The van der Waals surface area contributed by atoms with Crippen molar-refractivity contribution in [3.8, 4) is 0 Å². The summed E-state index contributed by atoms with van der Waals surface area (Å²) in [6.45, 7) is 2.84. The second-order valence-electron chi connectivity index (χ2n) is 4.35. The lowest BCUT2D eigenvalue weighted by atomic mass is 10.1. The molecule has 3 nitrogen and oxygen atoms in total. The maximum atomic E-state index is 11.7. The molecule has 0 aliphatic carbocycles. The van der Waals surface area contributed by atoms with Gasteiger partial charge in [-0.3, -0.25) is 9.59 Å². The molecular weight excluding hydrogens is 226 g/mol. The smallest absolute Gasteiger partial charge is 0.220 e. The summed E-state index contributed by atoms with van der Waals surface area (Å²) in [5.74, 6) is -0.00491. The molecule has 0 heterocycles. The quantitative estimate of drug-likeness (QED) is 0.567. The van der Waals surface area contributed by atoms with Gasteiger partial charge in [0.2, 0.25) is 5.91 Å². The molecule has 0 atom stereocenters. The first-order valence-corrected chi connectivity index (χ1v) is 6.59. The molecule has 0 unspecified atom stereocenters. The number of nitrogens with one attached hydrogen (secondary N) is 1. The molecule has 0 saturated heterocycles. The van der Waals surface area contributed by atoms with Gasteiger partial charge in [-0.25, -0.2) is 0 Å². The summed E-state index contributed by atoms with van der Waals surface area (Å²) in [6, 6.07) is 9.09. The lowest BCUT2D eigenvalue weighted by Gasteiger charge is -2.04. The molecule has 0 fully saturated rings. The van der Waals surface area contributed by atoms with E-state index in [0.717, 1.165) is 19.3 Å². The average molecular weight is 247 g/mol. The minimum atomic E-state index is -0.0321. The Morgan fingerprint density at radius 2 is 1.78 bits per heavy atom. The number of hydrogen-bond acceptors (Lipinski definition) is 2. The highest BCUT2D eigenvalue weighted by molar-refractivity contribution is 5.97. The highest BCUT2D eigenvalue weighted by Crippen LogP contribution is 2.04. The van der Waals surface area contributed by atoms with E-state index in [0.29, 0.717) is 12.1 Å². The second-order valence-corrected chi connectivity index (χ2v) is 4.35. The van der Waals surface area contributed by atoms with Crippen LogP contribution in [0.5, 0.6) is 0 Å². The third-order valence-corrected chi connectivity index (χ3v) is 2.78. The van der Waals surface area contributed by atoms with Crippen LogP contribution < -0.4 is 5.32 Å². The minimum absolute atomic E-state index is 0.0271. The summed E-state index contributed by atoms with van der Waals surface area (Å²) >= 11 is 0. The van der Waals surface area contributed by atoms with E-state index < -0.39 is 0 Å². The van der Waals surface area contributed by atoms with Crippen molar-refractivity contribution < 1.29 is 9.59 Å². The number of rotatable bonds is 8. The van der Waals surface area contributed by atoms with Crippen LogP contribution in [-0.2, 0) is 4.79 Å². The van der Waals surface area contributed by atoms with E-state index in [2.05, 4.69) is 12.2 Å². The zero-order chi connectivity index (χ0) is 13.2. The van der Waals surface area contributed by atoms with Crippen molar-refractivity contribution >= 4 is 11.7 Å². The summed E-state index contributed by atoms with van der Waals surface area (Å²) < 4.78 is 0. The SMILES string of the molecule is CCCCCNC(=O)CCC(=O)c1ccccc1. The Hall–Kier alpha value is -1.64. The van der Waals surface area contributed by atoms with E-state index in [4.69, 9.17) is 0 Å². The molecule has 1 rings (SSSR count). The molecule has 0 radical (unpaired) electrons. The summed E-state index contributed by atoms with van der Waals surface area (Å²) in [5.41, 5.74) is 0.677. The van der Waals surface area contributed by atoms with Gasteiger partial charge in [0, 0.05) is 24.9 Å². The number of carbonyl (C=O) groups excluding carboxylic acids is 2. The van der Waals surface area contributed by atoms with Crippen molar-refractivity contribution in [1.29, 1.82) is 0 Å². The van der Waals surface area contributed by atoms with Gasteiger partial charge in [0.15, 0.2) is 5.78 Å².